The number of thioether (sulfide) groups is 1. The summed E-state index contributed by atoms with van der Waals surface area (Å²) in [4.78, 5) is 17.5. The maximum atomic E-state index is 12.8. The molecule has 0 saturated heterocycles. The van der Waals surface area contributed by atoms with Crippen LogP contribution < -0.4 is 10.1 Å². The van der Waals surface area contributed by atoms with Crippen molar-refractivity contribution in [2.45, 2.75) is 56.2 Å². The molecular formula is C22H24ClN3O2S. The van der Waals surface area contributed by atoms with Gasteiger partial charge in [0.15, 0.2) is 0 Å². The van der Waals surface area contributed by atoms with Gasteiger partial charge in [-0.15, -0.1) is 0 Å². The molecule has 3 rings (SSSR count). The minimum absolute atomic E-state index is 0.185. The highest BCUT2D eigenvalue weighted by Gasteiger charge is 2.21. The van der Waals surface area contributed by atoms with Crippen molar-refractivity contribution >= 4 is 35.0 Å². The van der Waals surface area contributed by atoms with Crippen LogP contribution in [-0.2, 0) is 17.6 Å². The van der Waals surface area contributed by atoms with Crippen LogP contribution in [0.2, 0.25) is 5.02 Å². The topological polar surface area (TPSA) is 75.0 Å². The second-order valence-corrected chi connectivity index (χ2v) is 8.91. The number of pyridine rings is 1. The monoisotopic (exact) mass is 429 g/mol. The molecule has 1 aliphatic rings. The SMILES string of the molecule is COc1cc(Cl)c(C)cc1NC(=O)C(C)Sc1nc2c(cc1C#N)CCCCC2. The number of amides is 1. The van der Waals surface area contributed by atoms with Crippen LogP contribution in [-0.4, -0.2) is 23.3 Å². The Labute approximate surface area is 180 Å². The van der Waals surface area contributed by atoms with E-state index in [2.05, 4.69) is 11.4 Å². The molecule has 152 valence electrons. The highest BCUT2D eigenvalue weighted by molar-refractivity contribution is 8.00. The Kier molecular flexibility index (Phi) is 7.05. The molecule has 1 heterocycles. The van der Waals surface area contributed by atoms with Gasteiger partial charge in [-0.3, -0.25) is 4.79 Å². The maximum Gasteiger partial charge on any atom is 0.237 e. The van der Waals surface area contributed by atoms with Crippen LogP contribution in [0.15, 0.2) is 23.2 Å². The predicted octanol–water partition coefficient (Wildman–Crippen LogP) is 5.31. The summed E-state index contributed by atoms with van der Waals surface area (Å²) in [6.45, 7) is 3.68. The summed E-state index contributed by atoms with van der Waals surface area (Å²) < 4.78 is 5.33. The van der Waals surface area contributed by atoms with Crippen molar-refractivity contribution in [2.75, 3.05) is 12.4 Å². The van der Waals surface area contributed by atoms with E-state index in [0.717, 1.165) is 36.9 Å². The molecule has 7 heteroatoms. The maximum absolute atomic E-state index is 12.8. The van der Waals surface area contributed by atoms with Gasteiger partial charge in [0.2, 0.25) is 5.91 Å². The first-order valence-electron chi connectivity index (χ1n) is 9.67. The molecule has 2 aromatic rings. The van der Waals surface area contributed by atoms with E-state index in [0.29, 0.717) is 27.0 Å². The zero-order chi connectivity index (χ0) is 21.0. The first-order chi connectivity index (χ1) is 13.9. The van der Waals surface area contributed by atoms with Crippen molar-refractivity contribution in [1.29, 1.82) is 5.26 Å². The van der Waals surface area contributed by atoms with Gasteiger partial charge in [-0.2, -0.15) is 5.26 Å². The van der Waals surface area contributed by atoms with Crippen LogP contribution >= 0.6 is 23.4 Å². The number of carbonyl (C=O) groups is 1. The normalized spacial score (nSPS) is 14.3. The minimum atomic E-state index is -0.431. The minimum Gasteiger partial charge on any atom is -0.495 e. The van der Waals surface area contributed by atoms with E-state index in [4.69, 9.17) is 21.3 Å². The third-order valence-electron chi connectivity index (χ3n) is 5.03. The van der Waals surface area contributed by atoms with Crippen LogP contribution in [0.5, 0.6) is 5.75 Å². The van der Waals surface area contributed by atoms with Crippen LogP contribution in [0.1, 0.15) is 48.6 Å². The van der Waals surface area contributed by atoms with Crippen LogP contribution in [0, 0.1) is 18.3 Å². The summed E-state index contributed by atoms with van der Waals surface area (Å²) in [6, 6.07) is 7.67. The quantitative estimate of drug-likeness (QED) is 0.514. The number of hydrogen-bond donors (Lipinski definition) is 1. The first kappa shape index (κ1) is 21.5. The number of nitrogens with one attached hydrogen (secondary N) is 1. The number of fused-ring (bicyclic) bond motifs is 1. The molecule has 1 amide bonds. The number of nitriles is 1. The molecule has 1 unspecified atom stereocenters. The van der Waals surface area contributed by atoms with Crippen molar-refractivity contribution in [1.82, 2.24) is 4.98 Å². The lowest BCUT2D eigenvalue weighted by Crippen LogP contribution is -2.23. The fraction of sp³-hybridized carbons (Fsp3) is 0.409. The van der Waals surface area contributed by atoms with E-state index < -0.39 is 5.25 Å². The molecule has 1 aliphatic carbocycles. The number of benzene rings is 1. The van der Waals surface area contributed by atoms with Crippen LogP contribution in [0.25, 0.3) is 0 Å². The molecule has 5 nitrogen and oxygen atoms in total. The van der Waals surface area contributed by atoms with Gasteiger partial charge in [-0.25, -0.2) is 4.98 Å². The lowest BCUT2D eigenvalue weighted by Gasteiger charge is -2.16. The van der Waals surface area contributed by atoms with E-state index in [1.165, 1.54) is 30.9 Å². The fourth-order valence-electron chi connectivity index (χ4n) is 3.35. The number of halogens is 1. The molecule has 0 bridgehead atoms. The van der Waals surface area contributed by atoms with Crippen LogP contribution in [0.4, 0.5) is 5.69 Å². The zero-order valence-electron chi connectivity index (χ0n) is 16.8. The van der Waals surface area contributed by atoms with E-state index >= 15 is 0 Å². The number of nitrogens with zero attached hydrogens (tertiary/aromatic N) is 2. The average Bonchev–Trinajstić information content (AvgIpc) is 2.94. The Hall–Kier alpha value is -2.23. The highest BCUT2D eigenvalue weighted by atomic mass is 35.5. The highest BCUT2D eigenvalue weighted by Crippen LogP contribution is 2.33. The molecule has 1 aromatic carbocycles. The molecule has 29 heavy (non-hydrogen) atoms. The smallest absolute Gasteiger partial charge is 0.237 e. The molecule has 1 atom stereocenters. The fourth-order valence-corrected chi connectivity index (χ4v) is 4.40. The van der Waals surface area contributed by atoms with E-state index in [1.807, 2.05) is 19.9 Å². The third kappa shape index (κ3) is 5.04. The van der Waals surface area contributed by atoms with Crippen molar-refractivity contribution < 1.29 is 9.53 Å². The Morgan fingerprint density at radius 3 is 2.79 bits per heavy atom. The number of rotatable bonds is 5. The zero-order valence-corrected chi connectivity index (χ0v) is 18.4. The molecule has 0 radical (unpaired) electrons. The van der Waals surface area contributed by atoms with E-state index in [-0.39, 0.29) is 5.91 Å². The number of carbonyl (C=O) groups excluding carboxylic acids is 1. The number of hydrogen-bond acceptors (Lipinski definition) is 5. The van der Waals surface area contributed by atoms with E-state index in [9.17, 15) is 10.1 Å². The second kappa shape index (κ2) is 9.51. The van der Waals surface area contributed by atoms with Gasteiger partial charge in [-0.1, -0.05) is 29.8 Å². The molecule has 0 saturated carbocycles. The second-order valence-electron chi connectivity index (χ2n) is 7.17. The summed E-state index contributed by atoms with van der Waals surface area (Å²) in [5.74, 6) is 0.322. The number of methoxy groups -OCH3 is 1. The first-order valence-corrected chi connectivity index (χ1v) is 10.9. The number of aromatic nitrogens is 1. The molecule has 1 N–H and O–H groups in total. The number of ether oxygens (including phenoxy) is 1. The van der Waals surface area contributed by atoms with Gasteiger partial charge < -0.3 is 10.1 Å². The largest absolute Gasteiger partial charge is 0.495 e. The van der Waals surface area contributed by atoms with Crippen molar-refractivity contribution in [3.8, 4) is 11.8 Å². The lowest BCUT2D eigenvalue weighted by atomic mass is 10.1. The lowest BCUT2D eigenvalue weighted by molar-refractivity contribution is -0.115. The molecule has 1 aromatic heterocycles. The number of anilines is 1. The standard InChI is InChI=1S/C22H24ClN3O2S/c1-13-9-19(20(28-3)11-17(13)23)25-21(27)14(2)29-22-16(12-24)10-15-7-5-4-6-8-18(15)26-22/h9-11,14H,4-8H2,1-3H3,(H,25,27). The van der Waals surface area contributed by atoms with Crippen LogP contribution in [0.3, 0.4) is 0 Å². The van der Waals surface area contributed by atoms with Gasteiger partial charge in [-0.05, 0) is 62.8 Å². The van der Waals surface area contributed by atoms with Gasteiger partial charge in [0, 0.05) is 16.8 Å². The predicted molar refractivity (Wildman–Crippen MR) is 117 cm³/mol. The van der Waals surface area contributed by atoms with Crippen molar-refractivity contribution in [3.63, 3.8) is 0 Å². The summed E-state index contributed by atoms with van der Waals surface area (Å²) in [6.07, 6.45) is 5.32. The summed E-state index contributed by atoms with van der Waals surface area (Å²) >= 11 is 7.45. The summed E-state index contributed by atoms with van der Waals surface area (Å²) in [5, 5.41) is 13.2. The molecule has 0 spiro atoms. The Balaban J connectivity index is 1.79. The van der Waals surface area contributed by atoms with Crippen molar-refractivity contribution in [2.24, 2.45) is 0 Å². The van der Waals surface area contributed by atoms with Gasteiger partial charge in [0.1, 0.15) is 16.8 Å². The average molecular weight is 430 g/mol. The number of aryl methyl sites for hydroxylation is 3. The van der Waals surface area contributed by atoms with Gasteiger partial charge in [0.05, 0.1) is 23.6 Å². The summed E-state index contributed by atoms with van der Waals surface area (Å²) in [7, 11) is 1.54. The van der Waals surface area contributed by atoms with Gasteiger partial charge in [0.25, 0.3) is 0 Å². The third-order valence-corrected chi connectivity index (χ3v) is 6.54. The Morgan fingerprint density at radius 2 is 2.07 bits per heavy atom. The molecule has 0 fully saturated rings. The Bertz CT molecular complexity index is 972. The van der Waals surface area contributed by atoms with E-state index in [1.54, 1.807) is 12.1 Å². The molecule has 0 aliphatic heterocycles. The van der Waals surface area contributed by atoms with Gasteiger partial charge >= 0.3 is 0 Å². The summed E-state index contributed by atoms with van der Waals surface area (Å²) in [5.41, 5.74) is 4.19. The van der Waals surface area contributed by atoms with Crippen molar-refractivity contribution in [3.05, 3.63) is 45.6 Å². The molecular weight excluding hydrogens is 406 g/mol. The Morgan fingerprint density at radius 1 is 1.31 bits per heavy atom.